The Morgan fingerprint density at radius 2 is 2.23 bits per heavy atom. The van der Waals surface area contributed by atoms with Crippen LogP contribution < -0.4 is 11.1 Å². The Bertz CT molecular complexity index is 310. The molecule has 0 unspecified atom stereocenters. The van der Waals surface area contributed by atoms with Gasteiger partial charge < -0.3 is 11.1 Å². The molecule has 0 aromatic carbocycles. The summed E-state index contributed by atoms with van der Waals surface area (Å²) < 4.78 is 0. The highest BCUT2D eigenvalue weighted by molar-refractivity contribution is 5.97. The molecule has 4 N–H and O–H groups in total. The molecule has 0 spiro atoms. The van der Waals surface area contributed by atoms with Crippen molar-refractivity contribution in [1.82, 2.24) is 10.2 Å². The van der Waals surface area contributed by atoms with Gasteiger partial charge in [-0.15, -0.1) is 0 Å². The second-order valence-corrected chi connectivity index (χ2v) is 3.90. The van der Waals surface area contributed by atoms with Gasteiger partial charge in [-0.2, -0.15) is 5.10 Å². The maximum Gasteiger partial charge on any atom is 0.254 e. The van der Waals surface area contributed by atoms with Crippen LogP contribution in [0.3, 0.4) is 0 Å². The predicted octanol–water partition coefficient (Wildman–Crippen LogP) is 0.719. The molecular formula is C8H14N4O. The smallest absolute Gasteiger partial charge is 0.254 e. The van der Waals surface area contributed by atoms with Crippen molar-refractivity contribution in [2.24, 2.45) is 5.73 Å². The number of hydrogen-bond donors (Lipinski definition) is 3. The van der Waals surface area contributed by atoms with E-state index in [9.17, 15) is 4.79 Å². The Kier molecular flexibility index (Phi) is 2.27. The lowest BCUT2D eigenvalue weighted by Gasteiger charge is -2.20. The third-order valence-corrected chi connectivity index (χ3v) is 1.40. The normalized spacial score (nSPS) is 11.3. The first-order chi connectivity index (χ1) is 5.90. The minimum atomic E-state index is -0.486. The van der Waals surface area contributed by atoms with Gasteiger partial charge in [0, 0.05) is 5.54 Å². The quantitative estimate of drug-likeness (QED) is 0.630. The molecule has 0 saturated carbocycles. The topological polar surface area (TPSA) is 83.8 Å². The van der Waals surface area contributed by atoms with Crippen LogP contribution in [0.4, 0.5) is 5.82 Å². The first-order valence-corrected chi connectivity index (χ1v) is 4.01. The summed E-state index contributed by atoms with van der Waals surface area (Å²) in [5.74, 6) is 0.0838. The van der Waals surface area contributed by atoms with Crippen molar-refractivity contribution >= 4 is 11.7 Å². The molecule has 1 rings (SSSR count). The number of carbonyl (C=O) groups is 1. The van der Waals surface area contributed by atoms with Crippen molar-refractivity contribution in [3.05, 3.63) is 11.8 Å². The van der Waals surface area contributed by atoms with Crippen molar-refractivity contribution in [2.45, 2.75) is 26.3 Å². The molecule has 0 aliphatic heterocycles. The van der Waals surface area contributed by atoms with Gasteiger partial charge in [-0.05, 0) is 20.8 Å². The van der Waals surface area contributed by atoms with Crippen molar-refractivity contribution < 1.29 is 4.79 Å². The summed E-state index contributed by atoms with van der Waals surface area (Å²) in [7, 11) is 0. The average molecular weight is 182 g/mol. The zero-order valence-corrected chi connectivity index (χ0v) is 8.01. The number of nitrogens with zero attached hydrogens (tertiary/aromatic N) is 1. The number of nitrogens with two attached hydrogens (primary N) is 1. The van der Waals surface area contributed by atoms with Gasteiger partial charge in [0.05, 0.1) is 6.20 Å². The molecule has 1 heterocycles. The van der Waals surface area contributed by atoms with Crippen LogP contribution in [0.1, 0.15) is 31.1 Å². The Balaban J connectivity index is 2.89. The van der Waals surface area contributed by atoms with Gasteiger partial charge in [-0.1, -0.05) is 0 Å². The fourth-order valence-electron chi connectivity index (χ4n) is 0.943. The van der Waals surface area contributed by atoms with E-state index in [-0.39, 0.29) is 5.54 Å². The fourth-order valence-corrected chi connectivity index (χ4v) is 0.943. The van der Waals surface area contributed by atoms with E-state index in [2.05, 4.69) is 15.5 Å². The molecule has 0 saturated heterocycles. The summed E-state index contributed by atoms with van der Waals surface area (Å²) in [5.41, 5.74) is 5.39. The van der Waals surface area contributed by atoms with Gasteiger partial charge in [0.2, 0.25) is 0 Å². The number of carbonyl (C=O) groups excluding carboxylic acids is 1. The van der Waals surface area contributed by atoms with Gasteiger partial charge in [0.1, 0.15) is 11.4 Å². The first-order valence-electron chi connectivity index (χ1n) is 4.01. The minimum Gasteiger partial charge on any atom is -0.365 e. The van der Waals surface area contributed by atoms with E-state index in [1.54, 1.807) is 0 Å². The zero-order chi connectivity index (χ0) is 10.1. The molecule has 0 fully saturated rings. The van der Waals surface area contributed by atoms with E-state index in [4.69, 9.17) is 5.73 Å². The van der Waals surface area contributed by atoms with E-state index < -0.39 is 5.91 Å². The standard InChI is InChI=1S/C8H14N4O/c1-8(2,3)11-7-5(6(9)13)4-10-12-7/h4H,1-3H3,(H2,9,13)(H2,10,11,12). The van der Waals surface area contributed by atoms with Gasteiger partial charge in [0.25, 0.3) is 5.91 Å². The van der Waals surface area contributed by atoms with Crippen LogP contribution in [-0.2, 0) is 0 Å². The van der Waals surface area contributed by atoms with Crippen molar-refractivity contribution in [3.8, 4) is 0 Å². The number of H-pyrrole nitrogens is 1. The first kappa shape index (κ1) is 9.57. The molecule has 0 atom stereocenters. The molecule has 1 aromatic rings. The summed E-state index contributed by atoms with van der Waals surface area (Å²) in [6, 6.07) is 0. The molecular weight excluding hydrogens is 168 g/mol. The summed E-state index contributed by atoms with van der Waals surface area (Å²) in [6.45, 7) is 5.95. The Morgan fingerprint density at radius 1 is 1.62 bits per heavy atom. The number of aromatic nitrogens is 2. The van der Waals surface area contributed by atoms with E-state index in [1.165, 1.54) is 6.20 Å². The molecule has 1 aromatic heterocycles. The molecule has 1 amide bonds. The highest BCUT2D eigenvalue weighted by Gasteiger charge is 2.16. The second kappa shape index (κ2) is 3.08. The third kappa shape index (κ3) is 2.47. The van der Waals surface area contributed by atoms with Crippen molar-refractivity contribution in [2.75, 3.05) is 5.32 Å². The number of nitrogens with one attached hydrogen (secondary N) is 2. The zero-order valence-electron chi connectivity index (χ0n) is 8.01. The molecule has 0 radical (unpaired) electrons. The van der Waals surface area contributed by atoms with Crippen LogP contribution in [0, 0.1) is 0 Å². The largest absolute Gasteiger partial charge is 0.365 e. The number of anilines is 1. The highest BCUT2D eigenvalue weighted by Crippen LogP contribution is 2.15. The van der Waals surface area contributed by atoms with Crippen LogP contribution >= 0.6 is 0 Å². The molecule has 0 aliphatic rings. The maximum atomic E-state index is 10.9. The van der Waals surface area contributed by atoms with Gasteiger partial charge in [-0.25, -0.2) is 0 Å². The van der Waals surface area contributed by atoms with E-state index >= 15 is 0 Å². The summed E-state index contributed by atoms with van der Waals surface area (Å²) >= 11 is 0. The van der Waals surface area contributed by atoms with Crippen LogP contribution in [0.5, 0.6) is 0 Å². The number of hydrogen-bond acceptors (Lipinski definition) is 3. The second-order valence-electron chi connectivity index (χ2n) is 3.90. The SMILES string of the molecule is CC(C)(C)Nc1[nH]ncc1C(N)=O. The van der Waals surface area contributed by atoms with Gasteiger partial charge in [-0.3, -0.25) is 9.89 Å². The van der Waals surface area contributed by atoms with Crippen molar-refractivity contribution in [3.63, 3.8) is 0 Å². The highest BCUT2D eigenvalue weighted by atomic mass is 16.1. The number of amides is 1. The van der Waals surface area contributed by atoms with Gasteiger partial charge in [0.15, 0.2) is 0 Å². The summed E-state index contributed by atoms with van der Waals surface area (Å²) in [4.78, 5) is 10.9. The lowest BCUT2D eigenvalue weighted by Crippen LogP contribution is -2.28. The Labute approximate surface area is 76.7 Å². The molecule has 13 heavy (non-hydrogen) atoms. The van der Waals surface area contributed by atoms with Crippen LogP contribution in [0.2, 0.25) is 0 Å². The van der Waals surface area contributed by atoms with E-state index in [0.717, 1.165) is 0 Å². The van der Waals surface area contributed by atoms with E-state index in [1.807, 2.05) is 20.8 Å². The maximum absolute atomic E-state index is 10.9. The predicted molar refractivity (Wildman–Crippen MR) is 50.5 cm³/mol. The molecule has 5 nitrogen and oxygen atoms in total. The van der Waals surface area contributed by atoms with Gasteiger partial charge >= 0.3 is 0 Å². The van der Waals surface area contributed by atoms with Crippen LogP contribution in [-0.4, -0.2) is 21.6 Å². The van der Waals surface area contributed by atoms with E-state index in [0.29, 0.717) is 11.4 Å². The van der Waals surface area contributed by atoms with Crippen LogP contribution in [0.15, 0.2) is 6.20 Å². The van der Waals surface area contributed by atoms with Crippen molar-refractivity contribution in [1.29, 1.82) is 0 Å². The van der Waals surface area contributed by atoms with Crippen LogP contribution in [0.25, 0.3) is 0 Å². The lowest BCUT2D eigenvalue weighted by molar-refractivity contribution is 0.100. The summed E-state index contributed by atoms with van der Waals surface area (Å²) in [5, 5.41) is 9.51. The molecule has 0 bridgehead atoms. The monoisotopic (exact) mass is 182 g/mol. The third-order valence-electron chi connectivity index (χ3n) is 1.40. The minimum absolute atomic E-state index is 0.128. The Morgan fingerprint density at radius 3 is 2.69 bits per heavy atom. The Hall–Kier alpha value is -1.52. The summed E-state index contributed by atoms with van der Waals surface area (Å²) in [6.07, 6.45) is 1.41. The lowest BCUT2D eigenvalue weighted by atomic mass is 10.1. The number of rotatable bonds is 2. The molecule has 72 valence electrons. The fraction of sp³-hybridized carbons (Fsp3) is 0.500. The molecule has 5 heteroatoms. The average Bonchev–Trinajstić information content (AvgIpc) is 2.31. The number of primary amides is 1. The molecule has 0 aliphatic carbocycles. The number of aromatic amines is 1.